The standard InChI is InChI=1S/C22H21N5O3S3/c1-13(2)16-6-4-15(5-7-16)12-31-21-25-26-22(33-21)32-14(3)19-23-24-20(30-19)17-8-10-18(11-9-17)27(28)29/h4-11,13-14H,12H2,1-3H3. The zero-order valence-corrected chi connectivity index (χ0v) is 20.6. The third-order valence-corrected chi connectivity index (χ3v) is 8.09. The van der Waals surface area contributed by atoms with E-state index in [2.05, 4.69) is 58.5 Å². The molecule has 0 saturated heterocycles. The maximum Gasteiger partial charge on any atom is 0.269 e. The molecule has 0 aliphatic carbocycles. The largest absolute Gasteiger partial charge is 0.419 e. The molecule has 170 valence electrons. The minimum atomic E-state index is -0.446. The second kappa shape index (κ2) is 10.4. The lowest BCUT2D eigenvalue weighted by molar-refractivity contribution is -0.384. The number of nitro groups is 1. The number of rotatable bonds is 9. The maximum atomic E-state index is 10.8. The van der Waals surface area contributed by atoms with E-state index in [0.717, 1.165) is 14.4 Å². The normalized spacial score (nSPS) is 12.2. The van der Waals surface area contributed by atoms with Crippen molar-refractivity contribution in [2.45, 2.75) is 46.4 Å². The van der Waals surface area contributed by atoms with Gasteiger partial charge >= 0.3 is 0 Å². The predicted octanol–water partition coefficient (Wildman–Crippen LogP) is 6.77. The van der Waals surface area contributed by atoms with Gasteiger partial charge in [-0.05, 0) is 36.1 Å². The maximum absolute atomic E-state index is 10.8. The molecule has 1 atom stereocenters. The number of nitro benzene ring substituents is 1. The van der Waals surface area contributed by atoms with E-state index < -0.39 is 4.92 Å². The van der Waals surface area contributed by atoms with Crippen molar-refractivity contribution in [3.8, 4) is 11.5 Å². The SMILES string of the molecule is CC(C)c1ccc(CSc2nnc(SC(C)c3nnc(-c4ccc([N+](=O)[O-])cc4)o3)s2)cc1. The Kier molecular flexibility index (Phi) is 7.41. The summed E-state index contributed by atoms with van der Waals surface area (Å²) in [7, 11) is 0. The van der Waals surface area contributed by atoms with Gasteiger partial charge in [0.05, 0.1) is 10.2 Å². The molecule has 4 aromatic rings. The molecule has 8 nitrogen and oxygen atoms in total. The average molecular weight is 500 g/mol. The fourth-order valence-electron chi connectivity index (χ4n) is 2.89. The van der Waals surface area contributed by atoms with E-state index in [-0.39, 0.29) is 10.9 Å². The molecule has 11 heteroatoms. The van der Waals surface area contributed by atoms with Crippen LogP contribution in [0.3, 0.4) is 0 Å². The second-order valence-corrected chi connectivity index (χ2v) is 11.3. The number of non-ortho nitro benzene ring substituents is 1. The van der Waals surface area contributed by atoms with Crippen LogP contribution < -0.4 is 0 Å². The van der Waals surface area contributed by atoms with Crippen LogP contribution in [0.2, 0.25) is 0 Å². The number of hydrogen-bond donors (Lipinski definition) is 0. The molecule has 2 heterocycles. The van der Waals surface area contributed by atoms with E-state index in [1.807, 2.05) is 6.92 Å². The zero-order chi connectivity index (χ0) is 23.4. The van der Waals surface area contributed by atoms with Crippen LogP contribution >= 0.6 is 34.9 Å². The minimum absolute atomic E-state index is 0.0138. The van der Waals surface area contributed by atoms with Crippen LogP contribution in [0.5, 0.6) is 0 Å². The Morgan fingerprint density at radius 3 is 2.33 bits per heavy atom. The first-order valence-electron chi connectivity index (χ1n) is 10.2. The highest BCUT2D eigenvalue weighted by Crippen LogP contribution is 2.39. The van der Waals surface area contributed by atoms with Crippen LogP contribution in [-0.4, -0.2) is 25.3 Å². The Balaban J connectivity index is 1.34. The van der Waals surface area contributed by atoms with Crippen molar-refractivity contribution in [3.63, 3.8) is 0 Å². The van der Waals surface area contributed by atoms with Gasteiger partial charge in [-0.1, -0.05) is 73.0 Å². The van der Waals surface area contributed by atoms with E-state index in [4.69, 9.17) is 4.42 Å². The lowest BCUT2D eigenvalue weighted by Crippen LogP contribution is -1.88. The van der Waals surface area contributed by atoms with Gasteiger partial charge in [0.25, 0.3) is 5.69 Å². The molecule has 0 aliphatic rings. The molecule has 2 aromatic carbocycles. The van der Waals surface area contributed by atoms with Gasteiger partial charge in [0.1, 0.15) is 0 Å². The Bertz CT molecular complexity index is 1220. The Labute approximate surface area is 203 Å². The summed E-state index contributed by atoms with van der Waals surface area (Å²) in [5.74, 6) is 2.16. The summed E-state index contributed by atoms with van der Waals surface area (Å²) >= 11 is 4.71. The number of thioether (sulfide) groups is 2. The summed E-state index contributed by atoms with van der Waals surface area (Å²) in [6.45, 7) is 6.34. The third kappa shape index (κ3) is 5.98. The van der Waals surface area contributed by atoms with E-state index in [0.29, 0.717) is 23.3 Å². The van der Waals surface area contributed by atoms with E-state index in [1.165, 1.54) is 35.0 Å². The number of benzene rings is 2. The van der Waals surface area contributed by atoms with Crippen molar-refractivity contribution in [3.05, 3.63) is 75.7 Å². The van der Waals surface area contributed by atoms with Gasteiger partial charge in [-0.25, -0.2) is 0 Å². The van der Waals surface area contributed by atoms with Crippen molar-refractivity contribution in [1.82, 2.24) is 20.4 Å². The molecule has 0 amide bonds. The van der Waals surface area contributed by atoms with Gasteiger partial charge in [0, 0.05) is 23.4 Å². The first-order chi connectivity index (χ1) is 15.9. The van der Waals surface area contributed by atoms with Gasteiger partial charge in [0.15, 0.2) is 8.68 Å². The van der Waals surface area contributed by atoms with Crippen molar-refractivity contribution in [2.75, 3.05) is 0 Å². The molecule has 0 spiro atoms. The zero-order valence-electron chi connectivity index (χ0n) is 18.2. The van der Waals surface area contributed by atoms with Crippen LogP contribution in [0.25, 0.3) is 11.5 Å². The van der Waals surface area contributed by atoms with Gasteiger partial charge in [-0.3, -0.25) is 10.1 Å². The monoisotopic (exact) mass is 499 g/mol. The molecule has 33 heavy (non-hydrogen) atoms. The van der Waals surface area contributed by atoms with Crippen molar-refractivity contribution in [2.24, 2.45) is 0 Å². The second-order valence-electron chi connectivity index (χ2n) is 7.53. The van der Waals surface area contributed by atoms with Gasteiger partial charge in [0.2, 0.25) is 11.8 Å². The molecule has 2 aromatic heterocycles. The van der Waals surface area contributed by atoms with Crippen molar-refractivity contribution in [1.29, 1.82) is 0 Å². The fourth-order valence-corrected chi connectivity index (χ4v) is 6.04. The van der Waals surface area contributed by atoms with Crippen LogP contribution in [0.4, 0.5) is 5.69 Å². The molecule has 0 saturated carbocycles. The molecule has 1 unspecified atom stereocenters. The van der Waals surface area contributed by atoms with Gasteiger partial charge < -0.3 is 4.42 Å². The van der Waals surface area contributed by atoms with Crippen LogP contribution in [0.1, 0.15) is 49.0 Å². The first-order valence-corrected chi connectivity index (χ1v) is 12.9. The van der Waals surface area contributed by atoms with Crippen LogP contribution in [0, 0.1) is 10.1 Å². The van der Waals surface area contributed by atoms with Gasteiger partial charge in [-0.2, -0.15) is 0 Å². The van der Waals surface area contributed by atoms with Crippen LogP contribution in [-0.2, 0) is 5.75 Å². The quantitative estimate of drug-likeness (QED) is 0.140. The lowest BCUT2D eigenvalue weighted by Gasteiger charge is -2.06. The van der Waals surface area contributed by atoms with Crippen molar-refractivity contribution < 1.29 is 9.34 Å². The molecule has 0 fully saturated rings. The summed E-state index contributed by atoms with van der Waals surface area (Å²) in [5, 5.41) is 27.5. The fraction of sp³-hybridized carbons (Fsp3) is 0.273. The molecular weight excluding hydrogens is 478 g/mol. The first kappa shape index (κ1) is 23.4. The van der Waals surface area contributed by atoms with Crippen molar-refractivity contribution >= 4 is 40.5 Å². The van der Waals surface area contributed by atoms with E-state index in [9.17, 15) is 10.1 Å². The summed E-state index contributed by atoms with van der Waals surface area (Å²) in [4.78, 5) is 10.4. The Hall–Kier alpha value is -2.76. The Morgan fingerprint density at radius 2 is 1.67 bits per heavy atom. The summed E-state index contributed by atoms with van der Waals surface area (Å²) < 4.78 is 7.52. The number of aromatic nitrogens is 4. The minimum Gasteiger partial charge on any atom is -0.419 e. The number of nitrogens with zero attached hydrogens (tertiary/aromatic N) is 5. The van der Waals surface area contributed by atoms with Crippen LogP contribution in [0.15, 0.2) is 61.6 Å². The molecule has 0 bridgehead atoms. The summed E-state index contributed by atoms with van der Waals surface area (Å²) in [6.07, 6.45) is 0. The summed E-state index contributed by atoms with van der Waals surface area (Å²) in [5.41, 5.74) is 3.24. The van der Waals surface area contributed by atoms with E-state index >= 15 is 0 Å². The highest BCUT2D eigenvalue weighted by Gasteiger charge is 2.19. The number of hydrogen-bond acceptors (Lipinski definition) is 10. The molecule has 0 radical (unpaired) electrons. The van der Waals surface area contributed by atoms with Gasteiger partial charge in [-0.15, -0.1) is 20.4 Å². The highest BCUT2D eigenvalue weighted by atomic mass is 32.2. The molecule has 4 rings (SSSR count). The predicted molar refractivity (Wildman–Crippen MR) is 131 cm³/mol. The molecule has 0 N–H and O–H groups in total. The average Bonchev–Trinajstić information content (AvgIpc) is 3.48. The smallest absolute Gasteiger partial charge is 0.269 e. The molecular formula is C22H21N5O3S3. The molecule has 0 aliphatic heterocycles. The topological polar surface area (TPSA) is 108 Å². The van der Waals surface area contributed by atoms with E-state index in [1.54, 1.807) is 35.2 Å². The Morgan fingerprint density at radius 1 is 0.970 bits per heavy atom. The summed E-state index contributed by atoms with van der Waals surface area (Å²) in [6, 6.07) is 14.7. The third-order valence-electron chi connectivity index (χ3n) is 4.79. The lowest BCUT2D eigenvalue weighted by atomic mass is 10.0. The highest BCUT2D eigenvalue weighted by molar-refractivity contribution is 8.03.